The lowest BCUT2D eigenvalue weighted by Gasteiger charge is -2.41. The van der Waals surface area contributed by atoms with Crippen molar-refractivity contribution in [3.8, 4) is 6.07 Å². The molecular formula is C16H22N2O3. The van der Waals surface area contributed by atoms with E-state index in [4.69, 9.17) is 5.26 Å². The summed E-state index contributed by atoms with van der Waals surface area (Å²) in [6, 6.07) is 8.45. The maximum Gasteiger partial charge on any atom is 0.408 e. The second-order valence-corrected chi connectivity index (χ2v) is 6.14. The largest absolute Gasteiger partial charge is 0.465 e. The van der Waals surface area contributed by atoms with E-state index < -0.39 is 23.8 Å². The van der Waals surface area contributed by atoms with E-state index in [2.05, 4.69) is 0 Å². The molecule has 5 heteroatoms. The molecule has 2 N–H and O–H groups in total. The van der Waals surface area contributed by atoms with Gasteiger partial charge >= 0.3 is 6.09 Å². The van der Waals surface area contributed by atoms with Crippen molar-refractivity contribution in [1.82, 2.24) is 4.90 Å². The minimum Gasteiger partial charge on any atom is -0.465 e. The molecule has 1 amide bonds. The van der Waals surface area contributed by atoms with Crippen LogP contribution < -0.4 is 0 Å². The van der Waals surface area contributed by atoms with Crippen LogP contribution in [0.1, 0.15) is 38.8 Å². The molecule has 1 aromatic rings. The zero-order valence-corrected chi connectivity index (χ0v) is 12.9. The molecule has 0 spiro atoms. The normalized spacial score (nSPS) is 14.1. The average Bonchev–Trinajstić information content (AvgIpc) is 2.36. The minimum atomic E-state index is -1.05. The fourth-order valence-electron chi connectivity index (χ4n) is 2.36. The molecule has 114 valence electrons. The van der Waals surface area contributed by atoms with Crippen molar-refractivity contribution < 1.29 is 15.0 Å². The summed E-state index contributed by atoms with van der Waals surface area (Å²) in [5.74, 6) is 0. The van der Waals surface area contributed by atoms with Crippen molar-refractivity contribution >= 4 is 6.09 Å². The number of carbonyl (C=O) groups is 1. The van der Waals surface area contributed by atoms with Gasteiger partial charge in [0.25, 0.3) is 0 Å². The first-order valence-corrected chi connectivity index (χ1v) is 6.86. The van der Waals surface area contributed by atoms with Crippen molar-refractivity contribution in [1.29, 1.82) is 5.26 Å². The van der Waals surface area contributed by atoms with Gasteiger partial charge in [0.2, 0.25) is 0 Å². The van der Waals surface area contributed by atoms with E-state index in [1.807, 2.05) is 6.07 Å². The lowest BCUT2D eigenvalue weighted by molar-refractivity contribution is 0.0145. The maximum absolute atomic E-state index is 11.6. The Morgan fingerprint density at radius 2 is 1.86 bits per heavy atom. The van der Waals surface area contributed by atoms with Crippen LogP contribution in [0.2, 0.25) is 0 Å². The molecule has 0 aromatic heterocycles. The highest BCUT2D eigenvalue weighted by Crippen LogP contribution is 2.22. The van der Waals surface area contributed by atoms with E-state index in [0.29, 0.717) is 12.0 Å². The molecular weight excluding hydrogens is 268 g/mol. The third-order valence-electron chi connectivity index (χ3n) is 3.35. The third-order valence-corrected chi connectivity index (χ3v) is 3.35. The fraction of sp³-hybridized carbons (Fsp3) is 0.500. The minimum absolute atomic E-state index is 0.396. The standard InChI is InChI=1S/C16H22N2O3/c1-11(19)14(18(15(20)21)16(2,3)4)9-12-5-7-13(10-17)8-6-12/h5-8,11,14,19H,9H2,1-4H3,(H,20,21)/t11-,14-/m1/s1. The van der Waals surface area contributed by atoms with Crippen LogP contribution in [0.5, 0.6) is 0 Å². The van der Waals surface area contributed by atoms with Gasteiger partial charge in [-0.05, 0) is 51.8 Å². The van der Waals surface area contributed by atoms with E-state index in [9.17, 15) is 15.0 Å². The Morgan fingerprint density at radius 1 is 1.33 bits per heavy atom. The second-order valence-electron chi connectivity index (χ2n) is 6.14. The Bertz CT molecular complexity index is 524. The van der Waals surface area contributed by atoms with Gasteiger partial charge in [-0.3, -0.25) is 4.90 Å². The number of nitrogens with zero attached hydrogens (tertiary/aromatic N) is 2. The van der Waals surface area contributed by atoms with Crippen LogP contribution in [0.4, 0.5) is 4.79 Å². The number of amides is 1. The lowest BCUT2D eigenvalue weighted by Crippen LogP contribution is -2.55. The number of aliphatic hydroxyl groups is 1. The molecule has 0 heterocycles. The monoisotopic (exact) mass is 290 g/mol. The smallest absolute Gasteiger partial charge is 0.408 e. The van der Waals surface area contributed by atoms with Gasteiger partial charge < -0.3 is 10.2 Å². The number of hydrogen-bond acceptors (Lipinski definition) is 3. The summed E-state index contributed by atoms with van der Waals surface area (Å²) in [6.07, 6.45) is -1.45. The molecule has 21 heavy (non-hydrogen) atoms. The molecule has 0 saturated carbocycles. The van der Waals surface area contributed by atoms with Crippen LogP contribution in [-0.2, 0) is 6.42 Å². The van der Waals surface area contributed by atoms with Gasteiger partial charge in [0.1, 0.15) is 0 Å². The van der Waals surface area contributed by atoms with Gasteiger partial charge in [0, 0.05) is 5.54 Å². The van der Waals surface area contributed by atoms with E-state index in [0.717, 1.165) is 5.56 Å². The Labute approximate surface area is 125 Å². The highest BCUT2D eigenvalue weighted by atomic mass is 16.4. The topological polar surface area (TPSA) is 84.6 Å². The van der Waals surface area contributed by atoms with Crippen LogP contribution in [0.3, 0.4) is 0 Å². The number of aliphatic hydroxyl groups excluding tert-OH is 1. The predicted molar refractivity (Wildman–Crippen MR) is 79.9 cm³/mol. The van der Waals surface area contributed by atoms with Crippen LogP contribution in [0.15, 0.2) is 24.3 Å². The van der Waals surface area contributed by atoms with E-state index in [1.54, 1.807) is 52.0 Å². The first-order chi connectivity index (χ1) is 9.66. The summed E-state index contributed by atoms with van der Waals surface area (Å²) in [5.41, 5.74) is 0.828. The first-order valence-electron chi connectivity index (χ1n) is 6.86. The number of carboxylic acid groups (broad SMARTS) is 1. The molecule has 1 rings (SSSR count). The number of hydrogen-bond donors (Lipinski definition) is 2. The molecule has 0 aliphatic heterocycles. The zero-order chi connectivity index (χ0) is 16.2. The molecule has 5 nitrogen and oxygen atoms in total. The predicted octanol–water partition coefficient (Wildman–Crippen LogP) is 2.63. The summed E-state index contributed by atoms with van der Waals surface area (Å²) in [7, 11) is 0. The number of nitriles is 1. The summed E-state index contributed by atoms with van der Waals surface area (Å²) < 4.78 is 0. The average molecular weight is 290 g/mol. The van der Waals surface area contributed by atoms with Gasteiger partial charge in [-0.2, -0.15) is 5.26 Å². The molecule has 0 radical (unpaired) electrons. The van der Waals surface area contributed by atoms with E-state index in [-0.39, 0.29) is 0 Å². The van der Waals surface area contributed by atoms with Crippen molar-refractivity contribution in [3.63, 3.8) is 0 Å². The number of rotatable bonds is 4. The van der Waals surface area contributed by atoms with Gasteiger partial charge in [0.15, 0.2) is 0 Å². The van der Waals surface area contributed by atoms with Crippen molar-refractivity contribution in [2.75, 3.05) is 0 Å². The lowest BCUT2D eigenvalue weighted by atomic mass is 9.95. The Morgan fingerprint density at radius 3 is 2.19 bits per heavy atom. The van der Waals surface area contributed by atoms with Gasteiger partial charge in [-0.15, -0.1) is 0 Å². The summed E-state index contributed by atoms with van der Waals surface area (Å²) in [6.45, 7) is 7.00. The van der Waals surface area contributed by atoms with Crippen molar-refractivity contribution in [3.05, 3.63) is 35.4 Å². The summed E-state index contributed by atoms with van der Waals surface area (Å²) >= 11 is 0. The molecule has 0 saturated heterocycles. The van der Waals surface area contributed by atoms with Crippen LogP contribution >= 0.6 is 0 Å². The molecule has 2 atom stereocenters. The molecule has 0 fully saturated rings. The van der Waals surface area contributed by atoms with Gasteiger partial charge in [-0.1, -0.05) is 12.1 Å². The highest BCUT2D eigenvalue weighted by molar-refractivity contribution is 5.66. The molecule has 0 aliphatic rings. The molecule has 1 aromatic carbocycles. The van der Waals surface area contributed by atoms with Crippen molar-refractivity contribution in [2.45, 2.75) is 51.8 Å². The first kappa shape index (κ1) is 17.0. The van der Waals surface area contributed by atoms with Crippen LogP contribution in [0, 0.1) is 11.3 Å². The zero-order valence-electron chi connectivity index (χ0n) is 12.9. The molecule has 0 unspecified atom stereocenters. The van der Waals surface area contributed by atoms with Crippen LogP contribution in [-0.4, -0.2) is 38.9 Å². The van der Waals surface area contributed by atoms with Gasteiger partial charge in [0.05, 0.1) is 23.8 Å². The Balaban J connectivity index is 3.05. The highest BCUT2D eigenvalue weighted by Gasteiger charge is 2.35. The Kier molecular flexibility index (Phi) is 5.34. The SMILES string of the molecule is C[C@@H](O)[C@@H](Cc1ccc(C#N)cc1)N(C(=O)O)C(C)(C)C. The second kappa shape index (κ2) is 6.59. The fourth-order valence-corrected chi connectivity index (χ4v) is 2.36. The quantitative estimate of drug-likeness (QED) is 0.892. The van der Waals surface area contributed by atoms with E-state index >= 15 is 0 Å². The maximum atomic E-state index is 11.6. The van der Waals surface area contributed by atoms with Gasteiger partial charge in [-0.25, -0.2) is 4.79 Å². The van der Waals surface area contributed by atoms with E-state index in [1.165, 1.54) is 4.90 Å². The van der Waals surface area contributed by atoms with Crippen molar-refractivity contribution in [2.24, 2.45) is 0 Å². The number of benzene rings is 1. The summed E-state index contributed by atoms with van der Waals surface area (Å²) in [5, 5.41) is 28.2. The molecule has 0 aliphatic carbocycles. The summed E-state index contributed by atoms with van der Waals surface area (Å²) in [4.78, 5) is 12.8. The van der Waals surface area contributed by atoms with Crippen LogP contribution in [0.25, 0.3) is 0 Å². The Hall–Kier alpha value is -2.06. The molecule has 0 bridgehead atoms. The third kappa shape index (κ3) is 4.47.